The van der Waals surface area contributed by atoms with Gasteiger partial charge in [0, 0.05) is 0 Å². The summed E-state index contributed by atoms with van der Waals surface area (Å²) < 4.78 is 4.73. The summed E-state index contributed by atoms with van der Waals surface area (Å²) in [6, 6.07) is 3.73. The molecule has 0 atom stereocenters. The van der Waals surface area contributed by atoms with E-state index in [2.05, 4.69) is 0 Å². The van der Waals surface area contributed by atoms with Gasteiger partial charge in [0.1, 0.15) is 0 Å². The van der Waals surface area contributed by atoms with Crippen LogP contribution in [-0.2, 0) is 9.53 Å². The SMILES string of the molecule is CCOC(=O)/C(C#N)=C\c1cc[se]c1. The second kappa shape index (κ2) is 5.43. The fourth-order valence-electron chi connectivity index (χ4n) is 0.869. The molecule has 14 heavy (non-hydrogen) atoms. The Morgan fingerprint density at radius 1 is 1.79 bits per heavy atom. The van der Waals surface area contributed by atoms with Crippen molar-refractivity contribution in [1.82, 2.24) is 0 Å². The van der Waals surface area contributed by atoms with Gasteiger partial charge < -0.3 is 0 Å². The zero-order valence-corrected chi connectivity index (χ0v) is 9.40. The van der Waals surface area contributed by atoms with E-state index >= 15 is 0 Å². The first-order valence-electron chi connectivity index (χ1n) is 4.09. The van der Waals surface area contributed by atoms with Crippen molar-refractivity contribution in [1.29, 1.82) is 5.26 Å². The van der Waals surface area contributed by atoms with Crippen molar-refractivity contribution in [3.8, 4) is 6.07 Å². The van der Waals surface area contributed by atoms with Crippen LogP contribution in [0.1, 0.15) is 12.5 Å². The molecule has 4 heteroatoms. The molecule has 0 aliphatic carbocycles. The van der Waals surface area contributed by atoms with Gasteiger partial charge in [0.05, 0.1) is 0 Å². The Balaban J connectivity index is 2.83. The summed E-state index contributed by atoms with van der Waals surface area (Å²) in [5.41, 5.74) is 0.968. The Morgan fingerprint density at radius 3 is 3.07 bits per heavy atom. The molecule has 0 aliphatic rings. The van der Waals surface area contributed by atoms with Gasteiger partial charge in [0.25, 0.3) is 0 Å². The van der Waals surface area contributed by atoms with Crippen LogP contribution in [0.15, 0.2) is 21.5 Å². The van der Waals surface area contributed by atoms with Crippen LogP contribution in [0.2, 0.25) is 0 Å². The first-order valence-corrected chi connectivity index (χ1v) is 6.07. The van der Waals surface area contributed by atoms with Crippen LogP contribution in [0.5, 0.6) is 0 Å². The molecule has 0 aromatic carbocycles. The van der Waals surface area contributed by atoms with E-state index in [1.54, 1.807) is 13.0 Å². The van der Waals surface area contributed by atoms with Gasteiger partial charge >= 0.3 is 88.0 Å². The number of hydrogen-bond donors (Lipinski definition) is 0. The van der Waals surface area contributed by atoms with Crippen molar-refractivity contribution in [3.05, 3.63) is 27.1 Å². The van der Waals surface area contributed by atoms with Crippen molar-refractivity contribution in [2.45, 2.75) is 6.92 Å². The van der Waals surface area contributed by atoms with Crippen LogP contribution < -0.4 is 0 Å². The summed E-state index contributed by atoms with van der Waals surface area (Å²) in [6.45, 7) is 2.00. The monoisotopic (exact) mass is 255 g/mol. The summed E-state index contributed by atoms with van der Waals surface area (Å²) in [5.74, 6) is -0.552. The van der Waals surface area contributed by atoms with Gasteiger partial charge in [-0.15, -0.1) is 0 Å². The number of nitriles is 1. The molecular formula is C10H9NO2Se. The Hall–Kier alpha value is -1.30. The number of rotatable bonds is 3. The Kier molecular flexibility index (Phi) is 4.18. The van der Waals surface area contributed by atoms with Gasteiger partial charge in [0.2, 0.25) is 0 Å². The van der Waals surface area contributed by atoms with Crippen LogP contribution in [-0.4, -0.2) is 27.1 Å². The summed E-state index contributed by atoms with van der Waals surface area (Å²) in [6.07, 6.45) is 1.56. The quantitative estimate of drug-likeness (QED) is 0.352. The van der Waals surface area contributed by atoms with Gasteiger partial charge in [-0.1, -0.05) is 0 Å². The number of carbonyl (C=O) groups is 1. The van der Waals surface area contributed by atoms with Crippen molar-refractivity contribution < 1.29 is 9.53 Å². The minimum absolute atomic E-state index is 0.0560. The van der Waals surface area contributed by atoms with Gasteiger partial charge in [-0.3, -0.25) is 0 Å². The number of carbonyl (C=O) groups excluding carboxylic acids is 1. The Bertz CT molecular complexity index is 373. The minimum atomic E-state index is -0.552. The average molecular weight is 254 g/mol. The summed E-state index contributed by atoms with van der Waals surface area (Å²) in [4.78, 5) is 15.2. The predicted molar refractivity (Wildman–Crippen MR) is 53.6 cm³/mol. The predicted octanol–water partition coefficient (Wildman–Crippen LogP) is 1.21. The molecular weight excluding hydrogens is 245 g/mol. The van der Waals surface area contributed by atoms with E-state index < -0.39 is 5.97 Å². The molecule has 1 aromatic heterocycles. The van der Waals surface area contributed by atoms with E-state index in [9.17, 15) is 4.79 Å². The maximum atomic E-state index is 11.2. The second-order valence-corrected chi connectivity index (χ2v) is 4.08. The van der Waals surface area contributed by atoms with Crippen molar-refractivity contribution in [2.75, 3.05) is 6.61 Å². The third-order valence-corrected chi connectivity index (χ3v) is 2.94. The molecule has 0 saturated carbocycles. The second-order valence-electron chi connectivity index (χ2n) is 2.45. The molecule has 0 fully saturated rings. The average Bonchev–Trinajstić information content (AvgIpc) is 2.66. The molecule has 0 aliphatic heterocycles. The molecule has 0 radical (unpaired) electrons. The van der Waals surface area contributed by atoms with Gasteiger partial charge in [-0.25, -0.2) is 0 Å². The Morgan fingerprint density at radius 2 is 2.57 bits per heavy atom. The van der Waals surface area contributed by atoms with E-state index in [4.69, 9.17) is 10.00 Å². The van der Waals surface area contributed by atoms with Crippen LogP contribution in [0.25, 0.3) is 6.08 Å². The number of hydrogen-bond acceptors (Lipinski definition) is 3. The molecule has 1 rings (SSSR count). The zero-order valence-electron chi connectivity index (χ0n) is 7.69. The molecule has 0 N–H and O–H groups in total. The normalized spacial score (nSPS) is 10.7. The summed E-state index contributed by atoms with van der Waals surface area (Å²) in [5, 5.41) is 8.72. The number of ether oxygens (including phenoxy) is 1. The van der Waals surface area contributed by atoms with Crippen LogP contribution in [0.3, 0.4) is 0 Å². The van der Waals surface area contributed by atoms with Gasteiger partial charge in [-0.2, -0.15) is 0 Å². The van der Waals surface area contributed by atoms with Crippen LogP contribution in [0, 0.1) is 11.3 Å². The van der Waals surface area contributed by atoms with Gasteiger partial charge in [0.15, 0.2) is 0 Å². The van der Waals surface area contributed by atoms with Gasteiger partial charge in [-0.05, 0) is 0 Å². The Labute approximate surface area is 88.4 Å². The molecule has 0 unspecified atom stereocenters. The third-order valence-electron chi connectivity index (χ3n) is 1.47. The fourth-order valence-corrected chi connectivity index (χ4v) is 2.17. The first kappa shape index (κ1) is 10.8. The molecule has 1 aromatic rings. The molecule has 0 bridgehead atoms. The van der Waals surface area contributed by atoms with Crippen LogP contribution in [0.4, 0.5) is 0 Å². The zero-order chi connectivity index (χ0) is 10.4. The molecule has 0 spiro atoms. The number of nitrogens with zero attached hydrogens (tertiary/aromatic N) is 1. The van der Waals surface area contributed by atoms with Crippen LogP contribution >= 0.6 is 0 Å². The van der Waals surface area contributed by atoms with E-state index in [1.165, 1.54) is 0 Å². The van der Waals surface area contributed by atoms with E-state index in [0.29, 0.717) is 14.5 Å². The van der Waals surface area contributed by atoms with E-state index in [1.807, 2.05) is 22.0 Å². The molecule has 0 amide bonds. The number of esters is 1. The van der Waals surface area contributed by atoms with E-state index in [-0.39, 0.29) is 12.2 Å². The summed E-state index contributed by atoms with van der Waals surface area (Å²) >= 11 is 0.362. The van der Waals surface area contributed by atoms with Crippen molar-refractivity contribution in [2.24, 2.45) is 0 Å². The maximum absolute atomic E-state index is 11.2. The molecule has 0 saturated heterocycles. The van der Waals surface area contributed by atoms with Crippen molar-refractivity contribution in [3.63, 3.8) is 0 Å². The first-order chi connectivity index (χ1) is 6.77. The van der Waals surface area contributed by atoms with Crippen molar-refractivity contribution >= 4 is 26.5 Å². The molecule has 3 nitrogen and oxygen atoms in total. The molecule has 72 valence electrons. The van der Waals surface area contributed by atoms with E-state index in [0.717, 1.165) is 5.56 Å². The molecule has 1 heterocycles. The fraction of sp³-hybridized carbons (Fsp3) is 0.200. The standard InChI is InChI=1S/C10H9NO2Se/c1-2-13-10(12)9(6-11)5-8-3-4-14-7-8/h3-5,7H,2H2,1H3/b9-5-. The summed E-state index contributed by atoms with van der Waals surface area (Å²) in [7, 11) is 0. The third kappa shape index (κ3) is 2.88. The topological polar surface area (TPSA) is 50.1 Å².